The van der Waals surface area contributed by atoms with Crippen molar-refractivity contribution in [3.05, 3.63) is 36.2 Å². The van der Waals surface area contributed by atoms with Crippen LogP contribution in [-0.4, -0.2) is 23.3 Å². The molecule has 4 N–H and O–H groups in total. The van der Waals surface area contributed by atoms with Crippen LogP contribution in [0.1, 0.15) is 12.6 Å². The molecule has 118 valence electrons. The van der Waals surface area contributed by atoms with E-state index in [2.05, 4.69) is 15.7 Å². The summed E-state index contributed by atoms with van der Waals surface area (Å²) in [7, 11) is -3.69. The highest BCUT2D eigenvalue weighted by atomic mass is 32.2. The van der Waals surface area contributed by atoms with Gasteiger partial charge in [-0.2, -0.15) is 5.10 Å². The number of nitrogens with zero attached hydrogens (tertiary/aromatic N) is 2. The van der Waals surface area contributed by atoms with Crippen molar-refractivity contribution in [3.63, 3.8) is 0 Å². The van der Waals surface area contributed by atoms with E-state index in [0.717, 1.165) is 17.9 Å². The van der Waals surface area contributed by atoms with Crippen LogP contribution in [-0.2, 0) is 16.6 Å². The number of sulfonamides is 1. The van der Waals surface area contributed by atoms with E-state index in [1.807, 2.05) is 18.5 Å². The number of primary sulfonamides is 1. The zero-order valence-electron chi connectivity index (χ0n) is 12.2. The molecule has 9 heteroatoms. The lowest BCUT2D eigenvalue weighted by Crippen LogP contribution is -2.19. The Morgan fingerprint density at radius 2 is 1.95 bits per heavy atom. The van der Waals surface area contributed by atoms with E-state index in [1.54, 1.807) is 18.3 Å². The Hall–Kier alpha value is -1.97. The molecule has 0 aliphatic carbocycles. The van der Waals surface area contributed by atoms with E-state index in [0.29, 0.717) is 10.8 Å². The molecular weight excluding hydrogens is 322 g/mol. The summed E-state index contributed by atoms with van der Waals surface area (Å²) in [6.07, 6.45) is 1.71. The van der Waals surface area contributed by atoms with Crippen LogP contribution in [0.2, 0.25) is 0 Å². The average Bonchev–Trinajstić information content (AvgIpc) is 2.79. The number of aromatic nitrogens is 2. The zero-order chi connectivity index (χ0) is 16.3. The Morgan fingerprint density at radius 1 is 1.32 bits per heavy atom. The van der Waals surface area contributed by atoms with Crippen molar-refractivity contribution in [2.45, 2.75) is 25.3 Å². The number of aryl methyl sites for hydroxylation is 1. The van der Waals surface area contributed by atoms with Crippen LogP contribution in [0.25, 0.3) is 0 Å². The van der Waals surface area contributed by atoms with Gasteiger partial charge in [-0.05, 0) is 50.3 Å². The van der Waals surface area contributed by atoms with Crippen molar-refractivity contribution >= 4 is 38.7 Å². The molecule has 7 nitrogen and oxygen atoms in total. The number of thiocarbonyl (C=S) groups is 1. The Kier molecular flexibility index (Phi) is 4.79. The van der Waals surface area contributed by atoms with Crippen LogP contribution in [0.3, 0.4) is 0 Å². The largest absolute Gasteiger partial charge is 0.332 e. The molecule has 0 radical (unpaired) electrons. The third-order valence-corrected chi connectivity index (χ3v) is 4.22. The van der Waals surface area contributed by atoms with Crippen molar-refractivity contribution < 1.29 is 8.42 Å². The minimum Gasteiger partial charge on any atom is -0.332 e. The predicted octanol–water partition coefficient (Wildman–Crippen LogP) is 1.67. The number of nitrogens with one attached hydrogen (secondary N) is 2. The van der Waals surface area contributed by atoms with E-state index >= 15 is 0 Å². The first-order valence-corrected chi connectivity index (χ1v) is 8.50. The fraction of sp³-hybridized carbons (Fsp3) is 0.231. The normalized spacial score (nSPS) is 11.2. The van der Waals surface area contributed by atoms with Gasteiger partial charge in [-0.1, -0.05) is 0 Å². The molecule has 0 unspecified atom stereocenters. The topological polar surface area (TPSA) is 102 Å². The second-order valence-corrected chi connectivity index (χ2v) is 6.58. The quantitative estimate of drug-likeness (QED) is 0.732. The molecule has 2 aromatic rings. The number of rotatable bonds is 4. The van der Waals surface area contributed by atoms with Gasteiger partial charge >= 0.3 is 0 Å². The monoisotopic (exact) mass is 339 g/mol. The molecule has 0 saturated carbocycles. The summed E-state index contributed by atoms with van der Waals surface area (Å²) in [5.41, 5.74) is 2.46. The molecule has 1 heterocycles. The number of hydrogen-bond acceptors (Lipinski definition) is 4. The van der Waals surface area contributed by atoms with Gasteiger partial charge in [0.25, 0.3) is 0 Å². The molecular formula is C13H17N5O2S2. The maximum absolute atomic E-state index is 11.2. The van der Waals surface area contributed by atoms with E-state index in [-0.39, 0.29) is 4.90 Å². The summed E-state index contributed by atoms with van der Waals surface area (Å²) >= 11 is 5.23. The molecule has 0 bridgehead atoms. The third kappa shape index (κ3) is 3.81. The van der Waals surface area contributed by atoms with Crippen LogP contribution in [0, 0.1) is 6.92 Å². The van der Waals surface area contributed by atoms with Crippen molar-refractivity contribution in [3.8, 4) is 0 Å². The first-order valence-electron chi connectivity index (χ1n) is 6.54. The van der Waals surface area contributed by atoms with Crippen LogP contribution >= 0.6 is 12.2 Å². The highest BCUT2D eigenvalue weighted by molar-refractivity contribution is 7.89. The lowest BCUT2D eigenvalue weighted by atomic mass is 10.3. The summed E-state index contributed by atoms with van der Waals surface area (Å²) in [4.78, 5) is 0.0528. The van der Waals surface area contributed by atoms with E-state index in [4.69, 9.17) is 17.4 Å². The minimum atomic E-state index is -3.69. The van der Waals surface area contributed by atoms with Crippen molar-refractivity contribution in [2.24, 2.45) is 5.14 Å². The smallest absolute Gasteiger partial charge is 0.238 e. The van der Waals surface area contributed by atoms with Crippen LogP contribution in [0.4, 0.5) is 11.4 Å². The lowest BCUT2D eigenvalue weighted by Gasteiger charge is -2.10. The number of nitrogens with two attached hydrogens (primary N) is 1. The van der Waals surface area contributed by atoms with Gasteiger partial charge in [0.05, 0.1) is 22.5 Å². The van der Waals surface area contributed by atoms with Crippen LogP contribution in [0.5, 0.6) is 0 Å². The summed E-state index contributed by atoms with van der Waals surface area (Å²) in [5, 5.41) is 15.7. The Morgan fingerprint density at radius 3 is 2.45 bits per heavy atom. The molecule has 0 amide bonds. The fourth-order valence-electron chi connectivity index (χ4n) is 1.90. The second kappa shape index (κ2) is 6.42. The van der Waals surface area contributed by atoms with Gasteiger partial charge in [0.1, 0.15) is 0 Å². The molecule has 0 aliphatic rings. The summed E-state index contributed by atoms with van der Waals surface area (Å²) < 4.78 is 24.2. The van der Waals surface area contributed by atoms with E-state index in [1.165, 1.54) is 12.1 Å². The third-order valence-electron chi connectivity index (χ3n) is 3.09. The van der Waals surface area contributed by atoms with Gasteiger partial charge in [-0.15, -0.1) is 0 Å². The molecule has 0 aliphatic heterocycles. The SMILES string of the molecule is CCn1ncc(NC(=S)Nc2ccc(S(N)(=O)=O)cc2)c1C. The van der Waals surface area contributed by atoms with Crippen LogP contribution in [0.15, 0.2) is 35.4 Å². The molecule has 0 atom stereocenters. The molecule has 2 rings (SSSR count). The van der Waals surface area contributed by atoms with Gasteiger partial charge in [0, 0.05) is 12.2 Å². The molecule has 0 spiro atoms. The standard InChI is InChI=1S/C13H17N5O2S2/c1-3-18-9(2)12(8-15-18)17-13(21)16-10-4-6-11(7-5-10)22(14,19)20/h4-8H,3H2,1-2H3,(H2,14,19,20)(H2,16,17,21). The predicted molar refractivity (Wildman–Crippen MR) is 90.3 cm³/mol. The van der Waals surface area contributed by atoms with Gasteiger partial charge in [-0.25, -0.2) is 13.6 Å². The van der Waals surface area contributed by atoms with E-state index < -0.39 is 10.0 Å². The molecule has 0 fully saturated rings. The second-order valence-electron chi connectivity index (χ2n) is 4.61. The summed E-state index contributed by atoms with van der Waals surface area (Å²) in [6, 6.07) is 6.02. The minimum absolute atomic E-state index is 0.0528. The Labute approximate surface area is 134 Å². The zero-order valence-corrected chi connectivity index (χ0v) is 13.8. The molecule has 22 heavy (non-hydrogen) atoms. The van der Waals surface area contributed by atoms with Crippen molar-refractivity contribution in [2.75, 3.05) is 10.6 Å². The van der Waals surface area contributed by atoms with E-state index in [9.17, 15) is 8.42 Å². The van der Waals surface area contributed by atoms with Gasteiger partial charge in [0.15, 0.2) is 5.11 Å². The fourth-order valence-corrected chi connectivity index (χ4v) is 2.64. The molecule has 1 aromatic heterocycles. The highest BCUT2D eigenvalue weighted by Gasteiger charge is 2.09. The summed E-state index contributed by atoms with van der Waals surface area (Å²) in [6.45, 7) is 4.73. The first-order chi connectivity index (χ1) is 10.3. The van der Waals surface area contributed by atoms with Gasteiger partial charge in [0.2, 0.25) is 10.0 Å². The number of anilines is 2. The Bertz CT molecular complexity index is 781. The lowest BCUT2D eigenvalue weighted by molar-refractivity contribution is 0.598. The Balaban J connectivity index is 2.04. The number of benzene rings is 1. The highest BCUT2D eigenvalue weighted by Crippen LogP contribution is 2.16. The average molecular weight is 339 g/mol. The maximum atomic E-state index is 11.2. The van der Waals surface area contributed by atoms with Crippen molar-refractivity contribution in [1.29, 1.82) is 0 Å². The summed E-state index contributed by atoms with van der Waals surface area (Å²) in [5.74, 6) is 0. The van der Waals surface area contributed by atoms with Gasteiger partial charge < -0.3 is 10.6 Å². The van der Waals surface area contributed by atoms with Crippen LogP contribution < -0.4 is 15.8 Å². The molecule has 0 saturated heterocycles. The van der Waals surface area contributed by atoms with Crippen molar-refractivity contribution in [1.82, 2.24) is 9.78 Å². The number of hydrogen-bond donors (Lipinski definition) is 3. The van der Waals surface area contributed by atoms with Gasteiger partial charge in [-0.3, -0.25) is 4.68 Å². The first kappa shape index (κ1) is 16.4. The maximum Gasteiger partial charge on any atom is 0.238 e. The molecule has 1 aromatic carbocycles.